The van der Waals surface area contributed by atoms with Crippen LogP contribution in [-0.2, 0) is 4.74 Å². The predicted octanol–water partition coefficient (Wildman–Crippen LogP) is 4.92. The van der Waals surface area contributed by atoms with Crippen molar-refractivity contribution in [1.29, 1.82) is 0 Å². The van der Waals surface area contributed by atoms with Gasteiger partial charge in [-0.1, -0.05) is 65.2 Å². The van der Waals surface area contributed by atoms with Crippen LogP contribution in [0.15, 0.2) is 0 Å². The quantitative estimate of drug-likeness (QED) is 0.513. The minimum atomic E-state index is 0.740. The van der Waals surface area contributed by atoms with Crippen LogP contribution in [0.2, 0.25) is 0 Å². The molecule has 0 bridgehead atoms. The van der Waals surface area contributed by atoms with Crippen molar-refractivity contribution in [1.82, 2.24) is 5.32 Å². The SMILES string of the molecule is CCCCCCCCCCC(NCC)C1CCOCC1. The Morgan fingerprint density at radius 2 is 1.50 bits per heavy atom. The van der Waals surface area contributed by atoms with Crippen molar-refractivity contribution in [3.05, 3.63) is 0 Å². The molecule has 2 nitrogen and oxygen atoms in total. The van der Waals surface area contributed by atoms with Crippen molar-refractivity contribution < 1.29 is 4.74 Å². The van der Waals surface area contributed by atoms with Gasteiger partial charge in [-0.25, -0.2) is 0 Å². The molecule has 120 valence electrons. The topological polar surface area (TPSA) is 21.3 Å². The molecule has 20 heavy (non-hydrogen) atoms. The maximum absolute atomic E-state index is 5.49. The van der Waals surface area contributed by atoms with Crippen molar-refractivity contribution in [2.24, 2.45) is 5.92 Å². The third-order valence-electron chi connectivity index (χ3n) is 4.67. The summed E-state index contributed by atoms with van der Waals surface area (Å²) < 4.78 is 5.49. The van der Waals surface area contributed by atoms with E-state index in [1.165, 1.54) is 70.6 Å². The van der Waals surface area contributed by atoms with E-state index < -0.39 is 0 Å². The summed E-state index contributed by atoms with van der Waals surface area (Å²) in [5.74, 6) is 0.855. The van der Waals surface area contributed by atoms with Gasteiger partial charge in [0.1, 0.15) is 0 Å². The van der Waals surface area contributed by atoms with Crippen LogP contribution in [0.1, 0.15) is 84.5 Å². The van der Waals surface area contributed by atoms with Crippen molar-refractivity contribution in [2.75, 3.05) is 19.8 Å². The fourth-order valence-electron chi connectivity index (χ4n) is 3.38. The summed E-state index contributed by atoms with van der Waals surface area (Å²) in [6.07, 6.45) is 15.3. The van der Waals surface area contributed by atoms with Gasteiger partial charge in [-0.3, -0.25) is 0 Å². The summed E-state index contributed by atoms with van der Waals surface area (Å²) in [4.78, 5) is 0. The third-order valence-corrected chi connectivity index (χ3v) is 4.67. The monoisotopic (exact) mass is 283 g/mol. The predicted molar refractivity (Wildman–Crippen MR) is 88.2 cm³/mol. The van der Waals surface area contributed by atoms with E-state index >= 15 is 0 Å². The molecule has 1 N–H and O–H groups in total. The fraction of sp³-hybridized carbons (Fsp3) is 1.00. The Morgan fingerprint density at radius 1 is 0.900 bits per heavy atom. The second-order valence-electron chi connectivity index (χ2n) is 6.38. The maximum Gasteiger partial charge on any atom is 0.0469 e. The molecule has 0 amide bonds. The first-order chi connectivity index (χ1) is 9.88. The van der Waals surface area contributed by atoms with Gasteiger partial charge in [0, 0.05) is 19.3 Å². The Hall–Kier alpha value is -0.0800. The first-order valence-corrected chi connectivity index (χ1v) is 9.19. The Labute approximate surface area is 127 Å². The molecular weight excluding hydrogens is 246 g/mol. The van der Waals surface area contributed by atoms with E-state index in [1.807, 2.05) is 0 Å². The molecule has 1 aliphatic heterocycles. The average molecular weight is 284 g/mol. The standard InChI is InChI=1S/C18H37NO/c1-3-5-6-7-8-9-10-11-12-18(19-4-2)17-13-15-20-16-14-17/h17-19H,3-16H2,1-2H3. The highest BCUT2D eigenvalue weighted by atomic mass is 16.5. The largest absolute Gasteiger partial charge is 0.381 e. The molecule has 1 saturated heterocycles. The van der Waals surface area contributed by atoms with Crippen LogP contribution in [0.25, 0.3) is 0 Å². The third kappa shape index (κ3) is 8.26. The highest BCUT2D eigenvalue weighted by Gasteiger charge is 2.22. The van der Waals surface area contributed by atoms with Crippen LogP contribution in [-0.4, -0.2) is 25.8 Å². The minimum absolute atomic E-state index is 0.740. The summed E-state index contributed by atoms with van der Waals surface area (Å²) in [7, 11) is 0. The molecule has 0 aliphatic carbocycles. The zero-order valence-electron chi connectivity index (χ0n) is 14.0. The lowest BCUT2D eigenvalue weighted by Gasteiger charge is -2.31. The molecule has 0 spiro atoms. The normalized spacial score (nSPS) is 18.3. The van der Waals surface area contributed by atoms with Gasteiger partial charge in [-0.2, -0.15) is 0 Å². The molecule has 1 atom stereocenters. The Morgan fingerprint density at radius 3 is 2.10 bits per heavy atom. The van der Waals surface area contributed by atoms with E-state index in [-0.39, 0.29) is 0 Å². The van der Waals surface area contributed by atoms with Crippen molar-refractivity contribution in [2.45, 2.75) is 90.5 Å². The zero-order valence-corrected chi connectivity index (χ0v) is 14.0. The lowest BCUT2D eigenvalue weighted by atomic mass is 9.88. The zero-order chi connectivity index (χ0) is 14.5. The van der Waals surface area contributed by atoms with E-state index in [0.29, 0.717) is 0 Å². The summed E-state index contributed by atoms with van der Waals surface area (Å²) >= 11 is 0. The summed E-state index contributed by atoms with van der Waals surface area (Å²) in [6.45, 7) is 7.59. The summed E-state index contributed by atoms with van der Waals surface area (Å²) in [5, 5.41) is 3.72. The van der Waals surface area contributed by atoms with E-state index in [0.717, 1.165) is 31.7 Å². The summed E-state index contributed by atoms with van der Waals surface area (Å²) in [5.41, 5.74) is 0. The van der Waals surface area contributed by atoms with Crippen LogP contribution >= 0.6 is 0 Å². The molecule has 1 fully saturated rings. The molecule has 2 heteroatoms. The first-order valence-electron chi connectivity index (χ1n) is 9.19. The molecule has 0 aromatic carbocycles. The van der Waals surface area contributed by atoms with Gasteiger partial charge in [0.05, 0.1) is 0 Å². The number of rotatable bonds is 12. The van der Waals surface area contributed by atoms with Gasteiger partial charge >= 0.3 is 0 Å². The molecular formula is C18H37NO. The highest BCUT2D eigenvalue weighted by molar-refractivity contribution is 4.78. The molecule has 0 saturated carbocycles. The minimum Gasteiger partial charge on any atom is -0.381 e. The van der Waals surface area contributed by atoms with Crippen LogP contribution < -0.4 is 5.32 Å². The van der Waals surface area contributed by atoms with Crippen molar-refractivity contribution in [3.8, 4) is 0 Å². The van der Waals surface area contributed by atoms with Gasteiger partial charge in [-0.15, -0.1) is 0 Å². The second kappa shape index (κ2) is 12.6. The highest BCUT2D eigenvalue weighted by Crippen LogP contribution is 2.22. The Bertz CT molecular complexity index is 202. The number of hydrogen-bond acceptors (Lipinski definition) is 2. The van der Waals surface area contributed by atoms with Crippen LogP contribution in [0.4, 0.5) is 0 Å². The Balaban J connectivity index is 2.03. The summed E-state index contributed by atoms with van der Waals surface area (Å²) in [6, 6.07) is 0.740. The fourth-order valence-corrected chi connectivity index (χ4v) is 3.38. The van der Waals surface area contributed by atoms with E-state index in [2.05, 4.69) is 19.2 Å². The van der Waals surface area contributed by atoms with E-state index in [4.69, 9.17) is 4.74 Å². The van der Waals surface area contributed by atoms with Gasteiger partial charge in [-0.05, 0) is 31.7 Å². The Kier molecular flexibility index (Phi) is 11.4. The molecule has 1 heterocycles. The molecule has 0 aromatic rings. The molecule has 1 unspecified atom stereocenters. The van der Waals surface area contributed by atoms with Crippen LogP contribution in [0.3, 0.4) is 0 Å². The smallest absolute Gasteiger partial charge is 0.0469 e. The number of nitrogens with one attached hydrogen (secondary N) is 1. The van der Waals surface area contributed by atoms with Crippen molar-refractivity contribution in [3.63, 3.8) is 0 Å². The van der Waals surface area contributed by atoms with Crippen LogP contribution in [0.5, 0.6) is 0 Å². The average Bonchev–Trinajstić information content (AvgIpc) is 2.50. The van der Waals surface area contributed by atoms with E-state index in [9.17, 15) is 0 Å². The number of ether oxygens (including phenoxy) is 1. The number of hydrogen-bond donors (Lipinski definition) is 1. The van der Waals surface area contributed by atoms with Gasteiger partial charge < -0.3 is 10.1 Å². The lowest BCUT2D eigenvalue weighted by molar-refractivity contribution is 0.0524. The second-order valence-corrected chi connectivity index (χ2v) is 6.38. The lowest BCUT2D eigenvalue weighted by Crippen LogP contribution is -2.38. The molecule has 0 radical (unpaired) electrons. The maximum atomic E-state index is 5.49. The number of unbranched alkanes of at least 4 members (excludes halogenated alkanes) is 7. The van der Waals surface area contributed by atoms with Crippen molar-refractivity contribution >= 4 is 0 Å². The molecule has 0 aromatic heterocycles. The van der Waals surface area contributed by atoms with Gasteiger partial charge in [0.2, 0.25) is 0 Å². The molecule has 1 rings (SSSR count). The van der Waals surface area contributed by atoms with Crippen LogP contribution in [0, 0.1) is 5.92 Å². The molecule has 1 aliphatic rings. The van der Waals surface area contributed by atoms with Gasteiger partial charge in [0.15, 0.2) is 0 Å². The first kappa shape index (κ1) is 18.0. The van der Waals surface area contributed by atoms with Gasteiger partial charge in [0.25, 0.3) is 0 Å². The van der Waals surface area contributed by atoms with E-state index in [1.54, 1.807) is 0 Å².